The number of para-hydroxylation sites is 1. The van der Waals surface area contributed by atoms with Crippen molar-refractivity contribution < 1.29 is 9.13 Å². The van der Waals surface area contributed by atoms with Gasteiger partial charge in [-0.2, -0.15) is 4.37 Å². The second-order valence-electron chi connectivity index (χ2n) is 4.85. The number of methoxy groups -OCH3 is 1. The fraction of sp³-hybridized carbons (Fsp3) is 0.429. The predicted octanol–water partition coefficient (Wildman–Crippen LogP) is 2.15. The summed E-state index contributed by atoms with van der Waals surface area (Å²) in [7, 11) is 1.63. The van der Waals surface area contributed by atoms with Crippen LogP contribution in [0.3, 0.4) is 0 Å². The normalized spacial score (nSPS) is 15.5. The van der Waals surface area contributed by atoms with Crippen LogP contribution < -0.4 is 9.80 Å². The minimum Gasteiger partial charge on any atom is -0.377 e. The summed E-state index contributed by atoms with van der Waals surface area (Å²) in [6.45, 7) is 3.62. The van der Waals surface area contributed by atoms with Gasteiger partial charge in [-0.15, -0.1) is 0 Å². The Morgan fingerprint density at radius 2 is 1.90 bits per heavy atom. The molecule has 2 heterocycles. The molecule has 7 heteroatoms. The molecule has 112 valence electrons. The molecule has 0 atom stereocenters. The van der Waals surface area contributed by atoms with Gasteiger partial charge in [0.15, 0.2) is 5.82 Å². The average molecular weight is 308 g/mol. The maximum absolute atomic E-state index is 13.8. The summed E-state index contributed by atoms with van der Waals surface area (Å²) in [5, 5.41) is 0.912. The third-order valence-corrected chi connectivity index (χ3v) is 4.29. The van der Waals surface area contributed by atoms with E-state index in [0.717, 1.165) is 31.3 Å². The first-order valence-corrected chi connectivity index (χ1v) is 7.61. The van der Waals surface area contributed by atoms with E-state index < -0.39 is 0 Å². The number of hydrogen-bond acceptors (Lipinski definition) is 6. The molecule has 0 radical (unpaired) electrons. The molecule has 1 saturated heterocycles. The van der Waals surface area contributed by atoms with Crippen LogP contribution in [0.2, 0.25) is 0 Å². The number of hydrogen-bond donors (Lipinski definition) is 0. The Hall–Kier alpha value is -1.73. The molecule has 1 aliphatic heterocycles. The fourth-order valence-electron chi connectivity index (χ4n) is 2.41. The molecular formula is C14H17FN4OS. The van der Waals surface area contributed by atoms with Gasteiger partial charge in [-0.05, 0) is 12.1 Å². The molecule has 0 aliphatic carbocycles. The highest BCUT2D eigenvalue weighted by atomic mass is 32.1. The molecule has 0 unspecified atom stereocenters. The molecule has 0 N–H and O–H groups in total. The minimum atomic E-state index is -0.163. The Kier molecular flexibility index (Phi) is 4.31. The lowest BCUT2D eigenvalue weighted by Crippen LogP contribution is -2.46. The van der Waals surface area contributed by atoms with Gasteiger partial charge in [-0.25, -0.2) is 9.37 Å². The van der Waals surface area contributed by atoms with Crippen LogP contribution in [0.4, 0.5) is 15.2 Å². The zero-order chi connectivity index (χ0) is 14.7. The summed E-state index contributed by atoms with van der Waals surface area (Å²) < 4.78 is 23.1. The standard InChI is InChI=1S/C14H17FN4OS/c1-20-10-13-16-14(21-17-13)19-8-6-18(7-9-19)12-5-3-2-4-11(12)15/h2-5H,6-10H2,1H3. The van der Waals surface area contributed by atoms with Gasteiger partial charge in [-0.1, -0.05) is 12.1 Å². The average Bonchev–Trinajstić information content (AvgIpc) is 2.97. The number of ether oxygens (including phenoxy) is 1. The molecule has 1 fully saturated rings. The zero-order valence-electron chi connectivity index (χ0n) is 11.8. The first kappa shape index (κ1) is 14.2. The first-order valence-electron chi connectivity index (χ1n) is 6.84. The van der Waals surface area contributed by atoms with Crippen LogP contribution in [-0.2, 0) is 11.3 Å². The molecule has 0 saturated carbocycles. The van der Waals surface area contributed by atoms with E-state index in [4.69, 9.17) is 4.74 Å². The van der Waals surface area contributed by atoms with Gasteiger partial charge in [-0.3, -0.25) is 0 Å². The molecule has 21 heavy (non-hydrogen) atoms. The van der Waals surface area contributed by atoms with E-state index in [2.05, 4.69) is 19.2 Å². The molecule has 0 amide bonds. The summed E-state index contributed by atoms with van der Waals surface area (Å²) >= 11 is 1.39. The topological polar surface area (TPSA) is 41.5 Å². The van der Waals surface area contributed by atoms with Crippen LogP contribution in [-0.4, -0.2) is 42.6 Å². The maximum Gasteiger partial charge on any atom is 0.205 e. The molecule has 1 aromatic carbocycles. The van der Waals surface area contributed by atoms with Gasteiger partial charge in [0.2, 0.25) is 5.13 Å². The Labute approximate surface area is 127 Å². The van der Waals surface area contributed by atoms with E-state index >= 15 is 0 Å². The number of benzene rings is 1. The van der Waals surface area contributed by atoms with Crippen molar-refractivity contribution in [1.82, 2.24) is 9.36 Å². The highest BCUT2D eigenvalue weighted by Crippen LogP contribution is 2.23. The fourth-order valence-corrected chi connectivity index (χ4v) is 3.13. The van der Waals surface area contributed by atoms with Crippen LogP contribution in [0.15, 0.2) is 24.3 Å². The van der Waals surface area contributed by atoms with E-state index in [0.29, 0.717) is 18.1 Å². The molecule has 1 aliphatic rings. The largest absolute Gasteiger partial charge is 0.377 e. The Morgan fingerprint density at radius 1 is 1.19 bits per heavy atom. The zero-order valence-corrected chi connectivity index (χ0v) is 12.6. The second kappa shape index (κ2) is 6.36. The van der Waals surface area contributed by atoms with Crippen molar-refractivity contribution in [3.63, 3.8) is 0 Å². The van der Waals surface area contributed by atoms with Gasteiger partial charge < -0.3 is 14.5 Å². The lowest BCUT2D eigenvalue weighted by molar-refractivity contribution is 0.179. The van der Waals surface area contributed by atoms with Gasteiger partial charge in [0.25, 0.3) is 0 Å². The summed E-state index contributed by atoms with van der Waals surface area (Å²) in [6, 6.07) is 6.91. The van der Waals surface area contributed by atoms with Crippen molar-refractivity contribution in [3.8, 4) is 0 Å². The van der Waals surface area contributed by atoms with Crippen molar-refractivity contribution in [2.45, 2.75) is 6.61 Å². The molecule has 0 bridgehead atoms. The number of halogens is 1. The third-order valence-electron chi connectivity index (χ3n) is 3.47. The van der Waals surface area contributed by atoms with E-state index in [1.165, 1.54) is 17.6 Å². The first-order chi connectivity index (χ1) is 10.3. The Bertz CT molecular complexity index is 598. The third kappa shape index (κ3) is 3.14. The van der Waals surface area contributed by atoms with Crippen LogP contribution >= 0.6 is 11.5 Å². The van der Waals surface area contributed by atoms with Crippen molar-refractivity contribution in [2.75, 3.05) is 43.1 Å². The summed E-state index contributed by atoms with van der Waals surface area (Å²) in [5.41, 5.74) is 0.675. The molecule has 1 aromatic heterocycles. The monoisotopic (exact) mass is 308 g/mol. The van der Waals surface area contributed by atoms with Gasteiger partial charge in [0, 0.05) is 44.8 Å². The molecular weight excluding hydrogens is 291 g/mol. The molecule has 3 rings (SSSR count). The van der Waals surface area contributed by atoms with Crippen LogP contribution in [0.25, 0.3) is 0 Å². The van der Waals surface area contributed by atoms with Crippen LogP contribution in [0.1, 0.15) is 5.82 Å². The maximum atomic E-state index is 13.8. The van der Waals surface area contributed by atoms with E-state index in [1.54, 1.807) is 13.2 Å². The molecule has 0 spiro atoms. The summed E-state index contributed by atoms with van der Waals surface area (Å²) in [5.74, 6) is 0.554. The van der Waals surface area contributed by atoms with Crippen molar-refractivity contribution in [2.24, 2.45) is 0 Å². The summed E-state index contributed by atoms with van der Waals surface area (Å²) in [6.07, 6.45) is 0. The van der Waals surface area contributed by atoms with Gasteiger partial charge >= 0.3 is 0 Å². The van der Waals surface area contributed by atoms with Crippen molar-refractivity contribution in [3.05, 3.63) is 35.9 Å². The lowest BCUT2D eigenvalue weighted by Gasteiger charge is -2.35. The number of nitrogens with zero attached hydrogens (tertiary/aromatic N) is 4. The van der Waals surface area contributed by atoms with E-state index in [1.807, 2.05) is 12.1 Å². The number of anilines is 2. The quantitative estimate of drug-likeness (QED) is 0.866. The number of rotatable bonds is 4. The Balaban J connectivity index is 1.63. The molecule has 2 aromatic rings. The summed E-state index contributed by atoms with van der Waals surface area (Å²) in [4.78, 5) is 8.72. The van der Waals surface area contributed by atoms with Crippen molar-refractivity contribution >= 4 is 22.4 Å². The lowest BCUT2D eigenvalue weighted by atomic mass is 10.2. The molecule has 5 nitrogen and oxygen atoms in total. The minimum absolute atomic E-state index is 0.163. The number of aromatic nitrogens is 2. The van der Waals surface area contributed by atoms with Crippen LogP contribution in [0.5, 0.6) is 0 Å². The second-order valence-corrected chi connectivity index (χ2v) is 5.58. The Morgan fingerprint density at radius 3 is 2.62 bits per heavy atom. The SMILES string of the molecule is COCc1nsc(N2CCN(c3ccccc3F)CC2)n1. The van der Waals surface area contributed by atoms with Gasteiger partial charge in [0.1, 0.15) is 12.4 Å². The van der Waals surface area contributed by atoms with Crippen molar-refractivity contribution in [1.29, 1.82) is 0 Å². The van der Waals surface area contributed by atoms with E-state index in [-0.39, 0.29) is 5.82 Å². The highest BCUT2D eigenvalue weighted by Gasteiger charge is 2.21. The van der Waals surface area contributed by atoms with Crippen LogP contribution in [0, 0.1) is 5.82 Å². The predicted molar refractivity (Wildman–Crippen MR) is 81.4 cm³/mol. The smallest absolute Gasteiger partial charge is 0.205 e. The van der Waals surface area contributed by atoms with Gasteiger partial charge in [0.05, 0.1) is 5.69 Å². The number of piperazine rings is 1. The van der Waals surface area contributed by atoms with E-state index in [9.17, 15) is 4.39 Å². The highest BCUT2D eigenvalue weighted by molar-refractivity contribution is 7.09.